The van der Waals surface area contributed by atoms with Crippen LogP contribution in [0.15, 0.2) is 23.1 Å². The van der Waals surface area contributed by atoms with Crippen molar-refractivity contribution in [3.63, 3.8) is 0 Å². The monoisotopic (exact) mass is 340 g/mol. The Hall–Kier alpha value is -1.44. The zero-order valence-electron chi connectivity index (χ0n) is 13.8. The molecule has 2 rings (SSSR count). The third kappa shape index (κ3) is 4.10. The second-order valence-electron chi connectivity index (χ2n) is 6.32. The molecule has 0 aromatic heterocycles. The summed E-state index contributed by atoms with van der Waals surface area (Å²) in [5.74, 6) is -0.784. The molecule has 1 aromatic rings. The van der Waals surface area contributed by atoms with Gasteiger partial charge in [-0.1, -0.05) is 6.07 Å². The quantitative estimate of drug-likeness (QED) is 0.882. The SMILES string of the molecule is Cc1ccc(C(=O)O)cc1S(=O)(=O)N(C)CC1CCN(C)CC1. The topological polar surface area (TPSA) is 77.9 Å². The lowest BCUT2D eigenvalue weighted by Crippen LogP contribution is -2.38. The molecule has 0 radical (unpaired) electrons. The first-order valence-corrected chi connectivity index (χ1v) is 9.14. The summed E-state index contributed by atoms with van der Waals surface area (Å²) in [7, 11) is -0.0453. The number of nitrogens with zero attached hydrogens (tertiary/aromatic N) is 2. The highest BCUT2D eigenvalue weighted by atomic mass is 32.2. The number of carboxylic acids is 1. The molecule has 1 aliphatic rings. The van der Waals surface area contributed by atoms with Gasteiger partial charge in [0.05, 0.1) is 10.5 Å². The van der Waals surface area contributed by atoms with Gasteiger partial charge in [-0.05, 0) is 63.5 Å². The number of aromatic carboxylic acids is 1. The van der Waals surface area contributed by atoms with Crippen molar-refractivity contribution >= 4 is 16.0 Å². The van der Waals surface area contributed by atoms with Crippen LogP contribution < -0.4 is 0 Å². The summed E-state index contributed by atoms with van der Waals surface area (Å²) < 4.78 is 26.9. The van der Waals surface area contributed by atoms with Crippen molar-refractivity contribution in [2.45, 2.75) is 24.7 Å². The van der Waals surface area contributed by atoms with Crippen LogP contribution in [0.25, 0.3) is 0 Å². The maximum atomic E-state index is 12.8. The molecular weight excluding hydrogens is 316 g/mol. The Morgan fingerprint density at radius 3 is 2.52 bits per heavy atom. The number of carboxylic acid groups (broad SMARTS) is 1. The van der Waals surface area contributed by atoms with E-state index in [0.29, 0.717) is 18.0 Å². The molecule has 0 unspecified atom stereocenters. The predicted molar refractivity (Wildman–Crippen MR) is 88.2 cm³/mol. The molecule has 1 fully saturated rings. The number of hydrogen-bond acceptors (Lipinski definition) is 4. The number of piperidine rings is 1. The van der Waals surface area contributed by atoms with Crippen LogP contribution >= 0.6 is 0 Å². The highest BCUT2D eigenvalue weighted by Crippen LogP contribution is 2.24. The number of benzene rings is 1. The van der Waals surface area contributed by atoms with E-state index in [9.17, 15) is 13.2 Å². The molecule has 0 amide bonds. The molecule has 128 valence electrons. The standard InChI is InChI=1S/C16H24N2O4S/c1-12-4-5-14(16(19)20)10-15(12)23(21,22)18(3)11-13-6-8-17(2)9-7-13/h4-5,10,13H,6-9,11H2,1-3H3,(H,19,20). The molecule has 0 spiro atoms. The van der Waals surface area contributed by atoms with Crippen molar-refractivity contribution in [1.82, 2.24) is 9.21 Å². The number of rotatable bonds is 5. The highest BCUT2D eigenvalue weighted by molar-refractivity contribution is 7.89. The van der Waals surface area contributed by atoms with Gasteiger partial charge in [-0.3, -0.25) is 0 Å². The fraction of sp³-hybridized carbons (Fsp3) is 0.562. The minimum Gasteiger partial charge on any atom is -0.478 e. The Labute approximate surface area is 137 Å². The second-order valence-corrected chi connectivity index (χ2v) is 8.33. The second kappa shape index (κ2) is 6.98. The Kier molecular flexibility index (Phi) is 5.44. The Balaban J connectivity index is 2.20. The van der Waals surface area contributed by atoms with Crippen molar-refractivity contribution in [2.75, 3.05) is 33.7 Å². The third-order valence-electron chi connectivity index (χ3n) is 4.48. The first kappa shape index (κ1) is 17.9. The third-order valence-corrected chi connectivity index (χ3v) is 6.44. The number of likely N-dealkylation sites (tertiary alicyclic amines) is 1. The van der Waals surface area contributed by atoms with Gasteiger partial charge in [0.2, 0.25) is 10.0 Å². The van der Waals surface area contributed by atoms with E-state index in [2.05, 4.69) is 11.9 Å². The van der Waals surface area contributed by atoms with Gasteiger partial charge in [0.1, 0.15) is 0 Å². The Morgan fingerprint density at radius 2 is 1.96 bits per heavy atom. The van der Waals surface area contributed by atoms with Crippen LogP contribution in [0.1, 0.15) is 28.8 Å². The average Bonchev–Trinajstić information content (AvgIpc) is 2.49. The van der Waals surface area contributed by atoms with Gasteiger partial charge in [0, 0.05) is 13.6 Å². The van der Waals surface area contributed by atoms with Crippen LogP contribution in [0.5, 0.6) is 0 Å². The molecule has 0 bridgehead atoms. The van der Waals surface area contributed by atoms with Gasteiger partial charge < -0.3 is 10.0 Å². The van der Waals surface area contributed by atoms with Crippen molar-refractivity contribution in [3.8, 4) is 0 Å². The first-order chi connectivity index (χ1) is 10.7. The van der Waals surface area contributed by atoms with E-state index in [1.54, 1.807) is 20.0 Å². The maximum Gasteiger partial charge on any atom is 0.335 e. The minimum atomic E-state index is -3.68. The lowest BCUT2D eigenvalue weighted by molar-refractivity contribution is 0.0696. The molecule has 1 N–H and O–H groups in total. The van der Waals surface area contributed by atoms with Crippen molar-refractivity contribution in [2.24, 2.45) is 5.92 Å². The van der Waals surface area contributed by atoms with Crippen LogP contribution in [0.2, 0.25) is 0 Å². The van der Waals surface area contributed by atoms with Crippen LogP contribution in [-0.2, 0) is 10.0 Å². The lowest BCUT2D eigenvalue weighted by atomic mass is 9.97. The molecule has 1 saturated heterocycles. The van der Waals surface area contributed by atoms with E-state index in [1.165, 1.54) is 16.4 Å². The molecule has 7 heteroatoms. The smallest absolute Gasteiger partial charge is 0.335 e. The zero-order chi connectivity index (χ0) is 17.2. The molecule has 1 heterocycles. The summed E-state index contributed by atoms with van der Waals surface area (Å²) in [6.07, 6.45) is 1.95. The van der Waals surface area contributed by atoms with Gasteiger partial charge in [-0.15, -0.1) is 0 Å². The van der Waals surface area contributed by atoms with E-state index >= 15 is 0 Å². The summed E-state index contributed by atoms with van der Waals surface area (Å²) in [5.41, 5.74) is 0.548. The van der Waals surface area contributed by atoms with Gasteiger partial charge in [-0.25, -0.2) is 17.5 Å². The molecule has 1 aromatic carbocycles. The van der Waals surface area contributed by atoms with Gasteiger partial charge in [0.15, 0.2) is 0 Å². The Morgan fingerprint density at radius 1 is 1.35 bits per heavy atom. The summed E-state index contributed by atoms with van der Waals surface area (Å²) in [6.45, 7) is 4.10. The largest absolute Gasteiger partial charge is 0.478 e. The minimum absolute atomic E-state index is 0.0122. The first-order valence-electron chi connectivity index (χ1n) is 7.70. The molecule has 23 heavy (non-hydrogen) atoms. The predicted octanol–water partition coefficient (Wildman–Crippen LogP) is 1.66. The van der Waals surface area contributed by atoms with Crippen molar-refractivity contribution < 1.29 is 18.3 Å². The summed E-state index contributed by atoms with van der Waals surface area (Å²) in [6, 6.07) is 4.21. The maximum absolute atomic E-state index is 12.8. The van der Waals surface area contributed by atoms with E-state index in [0.717, 1.165) is 25.9 Å². The molecule has 0 atom stereocenters. The summed E-state index contributed by atoms with van der Waals surface area (Å²) in [4.78, 5) is 13.4. The van der Waals surface area contributed by atoms with Crippen molar-refractivity contribution in [1.29, 1.82) is 0 Å². The molecule has 1 aliphatic heterocycles. The fourth-order valence-corrected chi connectivity index (χ4v) is 4.38. The van der Waals surface area contributed by atoms with Crippen LogP contribution in [0.4, 0.5) is 0 Å². The molecule has 6 nitrogen and oxygen atoms in total. The summed E-state index contributed by atoms with van der Waals surface area (Å²) in [5, 5.41) is 9.08. The van der Waals surface area contributed by atoms with Gasteiger partial charge >= 0.3 is 5.97 Å². The van der Waals surface area contributed by atoms with Crippen molar-refractivity contribution in [3.05, 3.63) is 29.3 Å². The summed E-state index contributed by atoms with van der Waals surface area (Å²) >= 11 is 0. The lowest BCUT2D eigenvalue weighted by Gasteiger charge is -2.31. The number of sulfonamides is 1. The number of carbonyl (C=O) groups is 1. The molecule has 0 saturated carbocycles. The zero-order valence-corrected chi connectivity index (χ0v) is 14.6. The van der Waals surface area contributed by atoms with E-state index in [1.807, 2.05) is 0 Å². The number of hydrogen-bond donors (Lipinski definition) is 1. The van der Waals surface area contributed by atoms with E-state index in [-0.39, 0.29) is 10.5 Å². The van der Waals surface area contributed by atoms with Crippen LogP contribution in [0.3, 0.4) is 0 Å². The van der Waals surface area contributed by atoms with Crippen LogP contribution in [0, 0.1) is 12.8 Å². The number of aryl methyl sites for hydroxylation is 1. The molecular formula is C16H24N2O4S. The van der Waals surface area contributed by atoms with Gasteiger partial charge in [0.25, 0.3) is 0 Å². The molecule has 0 aliphatic carbocycles. The highest BCUT2D eigenvalue weighted by Gasteiger charge is 2.27. The van der Waals surface area contributed by atoms with Crippen LogP contribution in [-0.4, -0.2) is 62.4 Å². The fourth-order valence-electron chi connectivity index (χ4n) is 2.89. The average molecular weight is 340 g/mol. The van der Waals surface area contributed by atoms with E-state index < -0.39 is 16.0 Å². The van der Waals surface area contributed by atoms with E-state index in [4.69, 9.17) is 5.11 Å². The normalized spacial score (nSPS) is 17.6. The van der Waals surface area contributed by atoms with Gasteiger partial charge in [-0.2, -0.15) is 0 Å². The Bertz CT molecular complexity index is 679.